The van der Waals surface area contributed by atoms with Gasteiger partial charge in [-0.1, -0.05) is 48.0 Å². The summed E-state index contributed by atoms with van der Waals surface area (Å²) in [7, 11) is 1.60. The van der Waals surface area contributed by atoms with Crippen LogP contribution in [0.5, 0.6) is 0 Å². The van der Waals surface area contributed by atoms with Gasteiger partial charge in [0.25, 0.3) is 0 Å². The van der Waals surface area contributed by atoms with Crippen LogP contribution in [0.1, 0.15) is 12.5 Å². The van der Waals surface area contributed by atoms with Gasteiger partial charge in [-0.05, 0) is 25.1 Å². The molecular weight excluding hydrogens is 274 g/mol. The van der Waals surface area contributed by atoms with Crippen molar-refractivity contribution in [2.45, 2.75) is 13.8 Å². The molecule has 2 aromatic rings. The third-order valence-corrected chi connectivity index (χ3v) is 2.37. The number of nitrogen functional groups attached to an aromatic ring is 1. The zero-order chi connectivity index (χ0) is 16.6. The number of carbonyl (C=O) groups is 1. The standard InChI is InChI=1S/C8H10N2.C7H8.C3H7NO/c9-8-4-2-1-3-6-10-7-5-8;1-7-5-3-2-4-6-7;1-3(5)4-2/h1-7,10H,9H2;2-6H,1H3;1-2H3,(H,4,5). The molecule has 0 unspecified atom stereocenters. The maximum atomic E-state index is 9.70. The van der Waals surface area contributed by atoms with Gasteiger partial charge in [-0.15, -0.1) is 0 Å². The zero-order valence-corrected chi connectivity index (χ0v) is 13.4. The molecule has 1 aromatic heterocycles. The predicted molar refractivity (Wildman–Crippen MR) is 93.8 cm³/mol. The van der Waals surface area contributed by atoms with Gasteiger partial charge in [-0.25, -0.2) is 0 Å². The summed E-state index contributed by atoms with van der Waals surface area (Å²) >= 11 is 0. The van der Waals surface area contributed by atoms with Crippen LogP contribution in [0.4, 0.5) is 5.69 Å². The van der Waals surface area contributed by atoms with Gasteiger partial charge in [0.15, 0.2) is 0 Å². The van der Waals surface area contributed by atoms with Crippen LogP contribution in [0.25, 0.3) is 0 Å². The van der Waals surface area contributed by atoms with Crippen LogP contribution in [0.2, 0.25) is 0 Å². The van der Waals surface area contributed by atoms with E-state index in [1.165, 1.54) is 12.5 Å². The molecule has 0 aliphatic rings. The Hall–Kier alpha value is -2.75. The number of nitrogens with one attached hydrogen (secondary N) is 2. The molecule has 0 spiro atoms. The lowest BCUT2D eigenvalue weighted by Gasteiger charge is -1.82. The summed E-state index contributed by atoms with van der Waals surface area (Å²) in [6.07, 6.45) is 3.62. The van der Waals surface area contributed by atoms with Crippen LogP contribution in [0.15, 0.2) is 73.1 Å². The Kier molecular flexibility index (Phi) is 11.6. The molecule has 0 aliphatic heterocycles. The molecule has 0 atom stereocenters. The van der Waals surface area contributed by atoms with Crippen LogP contribution in [0, 0.1) is 6.92 Å². The van der Waals surface area contributed by atoms with Crippen LogP contribution < -0.4 is 11.1 Å². The summed E-state index contributed by atoms with van der Waals surface area (Å²) < 4.78 is 0. The minimum absolute atomic E-state index is 0.00463. The summed E-state index contributed by atoms with van der Waals surface area (Å²) in [5.41, 5.74) is 7.59. The van der Waals surface area contributed by atoms with E-state index in [4.69, 9.17) is 5.73 Å². The third kappa shape index (κ3) is 13.7. The van der Waals surface area contributed by atoms with Crippen LogP contribution in [0.3, 0.4) is 0 Å². The highest BCUT2D eigenvalue weighted by molar-refractivity contribution is 5.72. The Bertz CT molecular complexity index is 539. The molecule has 0 saturated carbocycles. The highest BCUT2D eigenvalue weighted by atomic mass is 16.1. The van der Waals surface area contributed by atoms with E-state index in [-0.39, 0.29) is 5.91 Å². The number of aromatic nitrogens is 1. The average molecular weight is 299 g/mol. The zero-order valence-electron chi connectivity index (χ0n) is 13.4. The molecule has 2 rings (SSSR count). The van der Waals surface area contributed by atoms with Crippen molar-refractivity contribution < 1.29 is 4.79 Å². The maximum absolute atomic E-state index is 9.70. The molecule has 4 heteroatoms. The van der Waals surface area contributed by atoms with E-state index < -0.39 is 0 Å². The third-order valence-electron chi connectivity index (χ3n) is 2.37. The fraction of sp³-hybridized carbons (Fsp3) is 0.167. The van der Waals surface area contributed by atoms with E-state index in [9.17, 15) is 4.79 Å². The van der Waals surface area contributed by atoms with Gasteiger partial charge in [-0.3, -0.25) is 4.79 Å². The molecule has 0 fully saturated rings. The van der Waals surface area contributed by atoms with E-state index in [2.05, 4.69) is 29.4 Å². The second-order valence-corrected chi connectivity index (χ2v) is 4.37. The summed E-state index contributed by atoms with van der Waals surface area (Å²) in [6.45, 7) is 3.56. The molecule has 0 saturated heterocycles. The lowest BCUT2D eigenvalue weighted by atomic mass is 10.2. The quantitative estimate of drug-likeness (QED) is 0.697. The average Bonchev–Trinajstić information content (AvgIpc) is 2.63. The largest absolute Gasteiger partial charge is 0.399 e. The van der Waals surface area contributed by atoms with Crippen molar-refractivity contribution in [3.05, 3.63) is 78.6 Å². The Morgan fingerprint density at radius 1 is 0.955 bits per heavy atom. The molecule has 0 aliphatic carbocycles. The smallest absolute Gasteiger partial charge is 0.216 e. The Balaban J connectivity index is 0.000000322. The van der Waals surface area contributed by atoms with Gasteiger partial charge in [0, 0.05) is 32.1 Å². The molecule has 1 amide bonds. The number of nitrogens with two attached hydrogens (primary N) is 1. The molecule has 22 heavy (non-hydrogen) atoms. The first-order chi connectivity index (χ1) is 10.6. The first-order valence-electron chi connectivity index (χ1n) is 6.97. The molecule has 1 heterocycles. The molecule has 0 radical (unpaired) electrons. The molecule has 0 bridgehead atoms. The Morgan fingerprint density at radius 3 is 2.00 bits per heavy atom. The minimum Gasteiger partial charge on any atom is -0.399 e. The monoisotopic (exact) mass is 299 g/mol. The number of H-pyrrole nitrogens is 1. The second kappa shape index (κ2) is 13.2. The highest BCUT2D eigenvalue weighted by Crippen LogP contribution is 1.92. The number of hydrogen-bond acceptors (Lipinski definition) is 2. The fourth-order valence-corrected chi connectivity index (χ4v) is 1.13. The SMILES string of the molecule is CNC(C)=O.Cc1ccccc1.Nc1ccccc[nH]cc1. The van der Waals surface area contributed by atoms with Crippen LogP contribution >= 0.6 is 0 Å². The van der Waals surface area contributed by atoms with Crippen molar-refractivity contribution in [3.8, 4) is 0 Å². The lowest BCUT2D eigenvalue weighted by Crippen LogP contribution is -2.11. The Labute approximate surface area is 132 Å². The van der Waals surface area contributed by atoms with Crippen molar-refractivity contribution in [1.29, 1.82) is 0 Å². The van der Waals surface area contributed by atoms with Gasteiger partial charge >= 0.3 is 0 Å². The van der Waals surface area contributed by atoms with Crippen molar-refractivity contribution in [3.63, 3.8) is 0 Å². The number of amides is 1. The molecular formula is C18H25N3O. The Morgan fingerprint density at radius 2 is 1.50 bits per heavy atom. The predicted octanol–water partition coefficient (Wildman–Crippen LogP) is 3.47. The number of aryl methyl sites for hydroxylation is 1. The van der Waals surface area contributed by atoms with Crippen molar-refractivity contribution >= 4 is 11.6 Å². The topological polar surface area (TPSA) is 70.9 Å². The second-order valence-electron chi connectivity index (χ2n) is 4.37. The number of aromatic amines is 1. The summed E-state index contributed by atoms with van der Waals surface area (Å²) in [5, 5.41) is 2.39. The van der Waals surface area contributed by atoms with Crippen molar-refractivity contribution in [2.24, 2.45) is 0 Å². The lowest BCUT2D eigenvalue weighted by molar-refractivity contribution is -0.118. The maximum Gasteiger partial charge on any atom is 0.216 e. The van der Waals surface area contributed by atoms with E-state index >= 15 is 0 Å². The molecule has 4 nitrogen and oxygen atoms in total. The number of rotatable bonds is 0. The van der Waals surface area contributed by atoms with E-state index in [1.54, 1.807) is 19.3 Å². The molecule has 1 aromatic carbocycles. The van der Waals surface area contributed by atoms with Crippen molar-refractivity contribution in [1.82, 2.24) is 10.3 Å². The minimum atomic E-state index is 0.00463. The number of anilines is 1. The number of hydrogen-bond donors (Lipinski definition) is 3. The van der Waals surface area contributed by atoms with E-state index in [0.717, 1.165) is 5.69 Å². The number of benzene rings is 1. The van der Waals surface area contributed by atoms with Crippen molar-refractivity contribution in [2.75, 3.05) is 12.8 Å². The molecule has 4 N–H and O–H groups in total. The van der Waals surface area contributed by atoms with E-state index in [0.29, 0.717) is 0 Å². The first kappa shape index (κ1) is 19.2. The first-order valence-corrected chi connectivity index (χ1v) is 6.97. The van der Waals surface area contributed by atoms with Gasteiger partial charge in [0.1, 0.15) is 0 Å². The van der Waals surface area contributed by atoms with Gasteiger partial charge in [-0.2, -0.15) is 0 Å². The van der Waals surface area contributed by atoms with Crippen LogP contribution in [-0.4, -0.2) is 17.9 Å². The normalized spacial score (nSPS) is 8.14. The van der Waals surface area contributed by atoms with Gasteiger partial charge in [0.05, 0.1) is 0 Å². The summed E-state index contributed by atoms with van der Waals surface area (Å²) in [4.78, 5) is 12.6. The van der Waals surface area contributed by atoms with E-state index in [1.807, 2.05) is 48.7 Å². The number of carbonyl (C=O) groups excluding carboxylic acids is 1. The summed E-state index contributed by atoms with van der Waals surface area (Å²) in [5.74, 6) is 0.00463. The fourth-order valence-electron chi connectivity index (χ4n) is 1.13. The highest BCUT2D eigenvalue weighted by Gasteiger charge is 1.73. The molecule has 118 valence electrons. The summed E-state index contributed by atoms with van der Waals surface area (Å²) in [6, 6.07) is 19.6. The van der Waals surface area contributed by atoms with Gasteiger partial charge in [0.2, 0.25) is 5.91 Å². The van der Waals surface area contributed by atoms with Crippen LogP contribution in [-0.2, 0) is 4.79 Å². The van der Waals surface area contributed by atoms with Gasteiger partial charge < -0.3 is 16.0 Å².